The molecule has 3 heteroatoms. The molecular formula is C12H12Br2O. The van der Waals surface area contributed by atoms with Gasteiger partial charge in [0.2, 0.25) is 0 Å². The highest BCUT2D eigenvalue weighted by Gasteiger charge is 2.28. The molecule has 2 rings (SSSR count). The van der Waals surface area contributed by atoms with E-state index in [4.69, 9.17) is 4.74 Å². The van der Waals surface area contributed by atoms with Crippen molar-refractivity contribution in [3.63, 3.8) is 0 Å². The average Bonchev–Trinajstić information content (AvgIpc) is 2.18. The van der Waals surface area contributed by atoms with Crippen LogP contribution >= 0.6 is 31.9 Å². The number of halogens is 2. The highest BCUT2D eigenvalue weighted by molar-refractivity contribution is 9.12. The molecule has 0 saturated carbocycles. The number of rotatable bonds is 1. The van der Waals surface area contributed by atoms with Crippen LogP contribution in [0.25, 0.3) is 6.08 Å². The van der Waals surface area contributed by atoms with E-state index in [1.807, 2.05) is 0 Å². The third-order valence-corrected chi connectivity index (χ3v) is 4.29. The van der Waals surface area contributed by atoms with Crippen LogP contribution in [0.4, 0.5) is 0 Å². The van der Waals surface area contributed by atoms with Crippen LogP contribution in [0.1, 0.15) is 25.0 Å². The molecule has 1 aliphatic heterocycles. The lowest BCUT2D eigenvalue weighted by molar-refractivity contribution is 0.155. The Balaban J connectivity index is 2.48. The van der Waals surface area contributed by atoms with Gasteiger partial charge in [-0.05, 0) is 31.6 Å². The second-order valence-corrected chi connectivity index (χ2v) is 5.53. The lowest BCUT2D eigenvalue weighted by Crippen LogP contribution is -2.30. The maximum absolute atomic E-state index is 5.94. The van der Waals surface area contributed by atoms with Crippen LogP contribution in [-0.4, -0.2) is 5.60 Å². The maximum Gasteiger partial charge on any atom is 0.135 e. The van der Waals surface area contributed by atoms with Gasteiger partial charge in [-0.2, -0.15) is 0 Å². The third kappa shape index (κ3) is 2.13. The molecule has 0 saturated heterocycles. The molecule has 1 nitrogen and oxygen atoms in total. The molecule has 1 heterocycles. The van der Waals surface area contributed by atoms with Crippen molar-refractivity contribution < 1.29 is 4.74 Å². The van der Waals surface area contributed by atoms with E-state index in [1.54, 1.807) is 0 Å². The number of alkyl halides is 1. The van der Waals surface area contributed by atoms with Crippen molar-refractivity contribution in [1.29, 1.82) is 0 Å². The molecule has 0 fully saturated rings. The fourth-order valence-electron chi connectivity index (χ4n) is 1.50. The number of fused-ring (bicyclic) bond motifs is 1. The number of hydrogen-bond donors (Lipinski definition) is 0. The lowest BCUT2D eigenvalue weighted by atomic mass is 10.0. The molecule has 0 N–H and O–H groups in total. The standard InChI is InChI=1S/C12H12Br2O/c1-12(2)11(14)6-9-4-3-8(7-13)5-10(9)15-12/h3-6H,7H2,1-2H3. The molecule has 0 amide bonds. The largest absolute Gasteiger partial charge is 0.482 e. The molecule has 0 bridgehead atoms. The smallest absolute Gasteiger partial charge is 0.135 e. The summed E-state index contributed by atoms with van der Waals surface area (Å²) in [5.74, 6) is 0.958. The van der Waals surface area contributed by atoms with Crippen LogP contribution in [0.3, 0.4) is 0 Å². The molecule has 80 valence electrons. The molecular weight excluding hydrogens is 320 g/mol. The normalized spacial score (nSPS) is 17.7. The predicted octanol–water partition coefficient (Wildman–Crippen LogP) is 4.49. The first-order valence-corrected chi connectivity index (χ1v) is 6.70. The molecule has 0 aliphatic carbocycles. The van der Waals surface area contributed by atoms with Gasteiger partial charge in [0.05, 0.1) is 0 Å². The SMILES string of the molecule is CC1(C)Oc2cc(CBr)ccc2C=C1Br. The van der Waals surface area contributed by atoms with Crippen LogP contribution in [0.15, 0.2) is 22.7 Å². The van der Waals surface area contributed by atoms with Crippen molar-refractivity contribution in [2.45, 2.75) is 24.8 Å². The predicted molar refractivity (Wildman–Crippen MR) is 70.7 cm³/mol. The van der Waals surface area contributed by atoms with E-state index in [0.29, 0.717) is 0 Å². The summed E-state index contributed by atoms with van der Waals surface area (Å²) >= 11 is 6.99. The first kappa shape index (κ1) is 11.2. The molecule has 0 atom stereocenters. The van der Waals surface area contributed by atoms with Gasteiger partial charge in [-0.25, -0.2) is 0 Å². The van der Waals surface area contributed by atoms with E-state index < -0.39 is 0 Å². The summed E-state index contributed by atoms with van der Waals surface area (Å²) in [6.07, 6.45) is 2.12. The average molecular weight is 332 g/mol. The van der Waals surface area contributed by atoms with E-state index in [1.165, 1.54) is 5.56 Å². The number of ether oxygens (including phenoxy) is 1. The van der Waals surface area contributed by atoms with Crippen LogP contribution in [0.5, 0.6) is 5.75 Å². The van der Waals surface area contributed by atoms with Crippen LogP contribution in [0.2, 0.25) is 0 Å². The topological polar surface area (TPSA) is 9.23 Å². The van der Waals surface area contributed by atoms with Gasteiger partial charge in [0.25, 0.3) is 0 Å². The van der Waals surface area contributed by atoms with E-state index >= 15 is 0 Å². The Morgan fingerprint density at radius 2 is 2.07 bits per heavy atom. The van der Waals surface area contributed by atoms with Gasteiger partial charge in [0.15, 0.2) is 0 Å². The van der Waals surface area contributed by atoms with Crippen molar-refractivity contribution in [3.05, 3.63) is 33.8 Å². The molecule has 0 radical (unpaired) electrons. The van der Waals surface area contributed by atoms with Gasteiger partial charge in [-0.15, -0.1) is 0 Å². The minimum Gasteiger partial charge on any atom is -0.482 e. The molecule has 0 unspecified atom stereocenters. The summed E-state index contributed by atoms with van der Waals surface area (Å²) in [7, 11) is 0. The summed E-state index contributed by atoms with van der Waals surface area (Å²) in [5.41, 5.74) is 2.10. The van der Waals surface area contributed by atoms with Gasteiger partial charge in [-0.1, -0.05) is 44.0 Å². The van der Waals surface area contributed by atoms with Crippen molar-refractivity contribution >= 4 is 37.9 Å². The summed E-state index contributed by atoms with van der Waals surface area (Å²) < 4.78 is 7.02. The second kappa shape index (κ2) is 3.95. The summed E-state index contributed by atoms with van der Waals surface area (Å²) in [5, 5.41) is 0.856. The highest BCUT2D eigenvalue weighted by Crippen LogP contribution is 2.38. The van der Waals surface area contributed by atoms with Crippen LogP contribution in [-0.2, 0) is 5.33 Å². The Morgan fingerprint density at radius 3 is 2.73 bits per heavy atom. The zero-order valence-electron chi connectivity index (χ0n) is 8.68. The Labute approximate surface area is 107 Å². The Bertz CT molecular complexity index is 422. The zero-order chi connectivity index (χ0) is 11.1. The van der Waals surface area contributed by atoms with Crippen LogP contribution < -0.4 is 4.74 Å². The van der Waals surface area contributed by atoms with E-state index in [-0.39, 0.29) is 5.60 Å². The minimum absolute atomic E-state index is 0.266. The van der Waals surface area contributed by atoms with E-state index in [9.17, 15) is 0 Å². The quantitative estimate of drug-likeness (QED) is 0.689. The Hall–Kier alpha value is -0.280. The van der Waals surface area contributed by atoms with Crippen molar-refractivity contribution in [2.24, 2.45) is 0 Å². The van der Waals surface area contributed by atoms with Gasteiger partial charge < -0.3 is 4.74 Å². The van der Waals surface area contributed by atoms with E-state index in [2.05, 4.69) is 70.0 Å². The Kier molecular flexibility index (Phi) is 2.95. The molecule has 0 aromatic heterocycles. The number of hydrogen-bond acceptors (Lipinski definition) is 1. The lowest BCUT2D eigenvalue weighted by Gasteiger charge is -2.31. The van der Waals surface area contributed by atoms with Gasteiger partial charge in [0, 0.05) is 15.4 Å². The molecule has 1 aromatic carbocycles. The summed E-state index contributed by atoms with van der Waals surface area (Å²) in [6.45, 7) is 4.11. The van der Waals surface area contributed by atoms with E-state index in [0.717, 1.165) is 21.1 Å². The minimum atomic E-state index is -0.266. The maximum atomic E-state index is 5.94. The monoisotopic (exact) mass is 330 g/mol. The highest BCUT2D eigenvalue weighted by atomic mass is 79.9. The van der Waals surface area contributed by atoms with Crippen molar-refractivity contribution in [1.82, 2.24) is 0 Å². The summed E-state index contributed by atoms with van der Waals surface area (Å²) in [6, 6.07) is 6.27. The molecule has 1 aromatic rings. The molecule has 0 spiro atoms. The zero-order valence-corrected chi connectivity index (χ0v) is 11.9. The van der Waals surface area contributed by atoms with Crippen molar-refractivity contribution in [2.75, 3.05) is 0 Å². The fourth-order valence-corrected chi connectivity index (χ4v) is 2.18. The first-order valence-electron chi connectivity index (χ1n) is 4.78. The Morgan fingerprint density at radius 1 is 1.33 bits per heavy atom. The first-order chi connectivity index (χ1) is 7.03. The van der Waals surface area contributed by atoms with Crippen molar-refractivity contribution in [3.8, 4) is 5.75 Å². The number of benzene rings is 1. The van der Waals surface area contributed by atoms with Gasteiger partial charge in [-0.3, -0.25) is 0 Å². The van der Waals surface area contributed by atoms with Gasteiger partial charge >= 0.3 is 0 Å². The second-order valence-electron chi connectivity index (χ2n) is 4.11. The van der Waals surface area contributed by atoms with Gasteiger partial charge in [0.1, 0.15) is 11.4 Å². The van der Waals surface area contributed by atoms with Crippen LogP contribution in [0, 0.1) is 0 Å². The molecule has 1 aliphatic rings. The fraction of sp³-hybridized carbons (Fsp3) is 0.333. The third-order valence-electron chi connectivity index (χ3n) is 2.45. The summed E-state index contributed by atoms with van der Waals surface area (Å²) in [4.78, 5) is 0. The molecule has 15 heavy (non-hydrogen) atoms.